The number of nitrogens with one attached hydrogen (secondary N) is 3. The summed E-state index contributed by atoms with van der Waals surface area (Å²) in [5.41, 5.74) is -0.249. The number of guanidine groups is 1. The van der Waals surface area contributed by atoms with E-state index < -0.39 is 0 Å². The quantitative estimate of drug-likeness (QED) is 0.259. The van der Waals surface area contributed by atoms with Gasteiger partial charge in [-0.2, -0.15) is 0 Å². The lowest BCUT2D eigenvalue weighted by molar-refractivity contribution is -0.121. The molecule has 0 spiro atoms. The standard InChI is InChI=1S/C16H25ClN4O2.HI/c1-16(2,3)21-14(22)11-20-15(18-4)19-8-9-23-13-7-5-6-12(17)10-13;/h5-7,10H,8-9,11H2,1-4H3,(H,21,22)(H2,18,19,20);1H. The molecule has 0 saturated heterocycles. The number of aliphatic imine (C=N–C) groups is 1. The second kappa shape index (κ2) is 11.4. The van der Waals surface area contributed by atoms with Crippen LogP contribution in [0.3, 0.4) is 0 Å². The Morgan fingerprint density at radius 2 is 2.00 bits per heavy atom. The van der Waals surface area contributed by atoms with Crippen LogP contribution in [0.2, 0.25) is 5.02 Å². The predicted octanol–water partition coefficient (Wildman–Crippen LogP) is 2.42. The molecule has 0 unspecified atom stereocenters. The average Bonchev–Trinajstić information content (AvgIpc) is 2.45. The van der Waals surface area contributed by atoms with E-state index in [9.17, 15) is 4.79 Å². The number of carbonyl (C=O) groups excluding carboxylic acids is 1. The summed E-state index contributed by atoms with van der Waals surface area (Å²) in [4.78, 5) is 15.8. The van der Waals surface area contributed by atoms with Crippen molar-refractivity contribution in [2.75, 3.05) is 26.7 Å². The Kier molecular flexibility index (Phi) is 10.8. The molecule has 0 radical (unpaired) electrons. The zero-order valence-corrected chi connectivity index (χ0v) is 17.6. The van der Waals surface area contributed by atoms with Gasteiger partial charge in [-0.25, -0.2) is 0 Å². The number of carbonyl (C=O) groups is 1. The van der Waals surface area contributed by atoms with Gasteiger partial charge in [-0.3, -0.25) is 9.79 Å². The van der Waals surface area contributed by atoms with Crippen LogP contribution in [0, 0.1) is 0 Å². The maximum absolute atomic E-state index is 11.7. The lowest BCUT2D eigenvalue weighted by Gasteiger charge is -2.21. The number of ether oxygens (including phenoxy) is 1. The minimum atomic E-state index is -0.249. The predicted molar refractivity (Wildman–Crippen MR) is 110 cm³/mol. The van der Waals surface area contributed by atoms with Crippen LogP contribution in [0.4, 0.5) is 0 Å². The Bertz CT molecular complexity index is 547. The lowest BCUT2D eigenvalue weighted by Crippen LogP contribution is -2.48. The van der Waals surface area contributed by atoms with Crippen LogP contribution in [0.5, 0.6) is 5.75 Å². The van der Waals surface area contributed by atoms with E-state index in [-0.39, 0.29) is 42.0 Å². The van der Waals surface area contributed by atoms with Crippen molar-refractivity contribution in [3.05, 3.63) is 29.3 Å². The zero-order valence-electron chi connectivity index (χ0n) is 14.5. The summed E-state index contributed by atoms with van der Waals surface area (Å²) in [5, 5.41) is 9.53. The number of hydrogen-bond donors (Lipinski definition) is 3. The molecule has 8 heteroatoms. The molecule has 3 N–H and O–H groups in total. The lowest BCUT2D eigenvalue weighted by atomic mass is 10.1. The summed E-state index contributed by atoms with van der Waals surface area (Å²) in [6, 6.07) is 7.22. The maximum atomic E-state index is 11.7. The van der Waals surface area contributed by atoms with E-state index in [1.54, 1.807) is 19.2 Å². The van der Waals surface area contributed by atoms with Crippen LogP contribution in [-0.4, -0.2) is 44.1 Å². The van der Waals surface area contributed by atoms with Gasteiger partial charge in [-0.05, 0) is 39.0 Å². The zero-order chi connectivity index (χ0) is 17.3. The monoisotopic (exact) mass is 468 g/mol. The van der Waals surface area contributed by atoms with Gasteiger partial charge >= 0.3 is 0 Å². The van der Waals surface area contributed by atoms with Crippen molar-refractivity contribution < 1.29 is 9.53 Å². The first kappa shape index (κ1) is 22.8. The Morgan fingerprint density at radius 3 is 2.58 bits per heavy atom. The molecule has 1 rings (SSSR count). The smallest absolute Gasteiger partial charge is 0.239 e. The van der Waals surface area contributed by atoms with Crippen molar-refractivity contribution in [2.24, 2.45) is 4.99 Å². The SMILES string of the molecule is CN=C(NCCOc1cccc(Cl)c1)NCC(=O)NC(C)(C)C.I. The number of amides is 1. The largest absolute Gasteiger partial charge is 0.492 e. The number of halogens is 2. The summed E-state index contributed by atoms with van der Waals surface area (Å²) in [6.45, 7) is 6.97. The number of nitrogens with zero attached hydrogens (tertiary/aromatic N) is 1. The summed E-state index contributed by atoms with van der Waals surface area (Å²) in [7, 11) is 1.65. The van der Waals surface area contributed by atoms with E-state index >= 15 is 0 Å². The Morgan fingerprint density at radius 1 is 1.29 bits per heavy atom. The van der Waals surface area contributed by atoms with E-state index in [4.69, 9.17) is 16.3 Å². The van der Waals surface area contributed by atoms with E-state index in [0.29, 0.717) is 29.9 Å². The van der Waals surface area contributed by atoms with E-state index in [0.717, 1.165) is 0 Å². The van der Waals surface area contributed by atoms with Crippen molar-refractivity contribution in [2.45, 2.75) is 26.3 Å². The van der Waals surface area contributed by atoms with Gasteiger partial charge < -0.3 is 20.7 Å². The molecular weight excluding hydrogens is 443 g/mol. The highest BCUT2D eigenvalue weighted by atomic mass is 127. The van der Waals surface area contributed by atoms with Crippen LogP contribution >= 0.6 is 35.6 Å². The first-order chi connectivity index (χ1) is 10.8. The van der Waals surface area contributed by atoms with Crippen LogP contribution in [0.15, 0.2) is 29.3 Å². The highest BCUT2D eigenvalue weighted by Crippen LogP contribution is 2.16. The fourth-order valence-electron chi connectivity index (χ4n) is 1.74. The molecule has 0 aliphatic rings. The van der Waals surface area contributed by atoms with Crippen LogP contribution < -0.4 is 20.7 Å². The van der Waals surface area contributed by atoms with Gasteiger partial charge in [0.05, 0.1) is 13.1 Å². The molecule has 0 aliphatic carbocycles. The summed E-state index contributed by atoms with van der Waals surface area (Å²) in [5.74, 6) is 1.17. The van der Waals surface area contributed by atoms with Gasteiger partial charge in [0.15, 0.2) is 5.96 Å². The second-order valence-electron chi connectivity index (χ2n) is 5.96. The van der Waals surface area contributed by atoms with Gasteiger partial charge in [-0.15, -0.1) is 24.0 Å². The van der Waals surface area contributed by atoms with Crippen LogP contribution in [0.25, 0.3) is 0 Å². The molecule has 0 aliphatic heterocycles. The first-order valence-electron chi connectivity index (χ1n) is 7.44. The van der Waals surface area contributed by atoms with Gasteiger partial charge in [0.25, 0.3) is 0 Å². The van der Waals surface area contributed by atoms with Crippen molar-refractivity contribution >= 4 is 47.4 Å². The molecule has 1 amide bonds. The minimum absolute atomic E-state index is 0. The third-order valence-corrected chi connectivity index (χ3v) is 2.85. The van der Waals surface area contributed by atoms with E-state index in [1.165, 1.54) is 0 Å². The van der Waals surface area contributed by atoms with Gasteiger partial charge in [0, 0.05) is 17.6 Å². The number of benzene rings is 1. The molecule has 0 saturated carbocycles. The van der Waals surface area contributed by atoms with Crippen molar-refractivity contribution in [1.29, 1.82) is 0 Å². The molecule has 0 bridgehead atoms. The third-order valence-electron chi connectivity index (χ3n) is 2.61. The second-order valence-corrected chi connectivity index (χ2v) is 6.39. The van der Waals surface area contributed by atoms with Gasteiger partial charge in [-0.1, -0.05) is 17.7 Å². The molecule has 1 aromatic carbocycles. The third kappa shape index (κ3) is 10.5. The Balaban J connectivity index is 0.00000529. The molecule has 0 heterocycles. The molecule has 24 heavy (non-hydrogen) atoms. The summed E-state index contributed by atoms with van der Waals surface area (Å²) < 4.78 is 5.56. The molecule has 0 aromatic heterocycles. The number of hydrogen-bond acceptors (Lipinski definition) is 3. The number of rotatable bonds is 6. The van der Waals surface area contributed by atoms with Crippen molar-refractivity contribution in [3.63, 3.8) is 0 Å². The summed E-state index contributed by atoms with van der Waals surface area (Å²) in [6.07, 6.45) is 0. The topological polar surface area (TPSA) is 74.8 Å². The molecule has 136 valence electrons. The minimum Gasteiger partial charge on any atom is -0.492 e. The normalized spacial score (nSPS) is 11.3. The van der Waals surface area contributed by atoms with Crippen molar-refractivity contribution in [1.82, 2.24) is 16.0 Å². The van der Waals surface area contributed by atoms with Crippen molar-refractivity contribution in [3.8, 4) is 5.75 Å². The van der Waals surface area contributed by atoms with Gasteiger partial charge in [0.2, 0.25) is 5.91 Å². The molecule has 0 atom stereocenters. The Hall–Kier alpha value is -1.22. The first-order valence-corrected chi connectivity index (χ1v) is 7.82. The molecule has 0 fully saturated rings. The fourth-order valence-corrected chi connectivity index (χ4v) is 1.92. The molecular formula is C16H26ClIN4O2. The fraction of sp³-hybridized carbons (Fsp3) is 0.500. The average molecular weight is 469 g/mol. The molecule has 6 nitrogen and oxygen atoms in total. The highest BCUT2D eigenvalue weighted by molar-refractivity contribution is 14.0. The maximum Gasteiger partial charge on any atom is 0.239 e. The van der Waals surface area contributed by atoms with Gasteiger partial charge in [0.1, 0.15) is 12.4 Å². The molecule has 1 aromatic rings. The summed E-state index contributed by atoms with van der Waals surface area (Å²) >= 11 is 5.88. The Labute approximate surface area is 165 Å². The van der Waals surface area contributed by atoms with Crippen LogP contribution in [0.1, 0.15) is 20.8 Å². The van der Waals surface area contributed by atoms with Crippen LogP contribution in [-0.2, 0) is 4.79 Å². The van der Waals surface area contributed by atoms with E-state index in [1.807, 2.05) is 32.9 Å². The van der Waals surface area contributed by atoms with E-state index in [2.05, 4.69) is 20.9 Å². The highest BCUT2D eigenvalue weighted by Gasteiger charge is 2.13.